The van der Waals surface area contributed by atoms with Gasteiger partial charge in [0.2, 0.25) is 0 Å². The number of carbonyl (C=O) groups is 1. The van der Waals surface area contributed by atoms with Gasteiger partial charge in [-0.1, -0.05) is 31.5 Å². The molecule has 0 atom stereocenters. The summed E-state index contributed by atoms with van der Waals surface area (Å²) in [4.78, 5) is 28.9. The minimum Gasteiger partial charge on any atom is -0.348 e. The van der Waals surface area contributed by atoms with Crippen LogP contribution in [0.1, 0.15) is 48.8 Å². The third-order valence-electron chi connectivity index (χ3n) is 6.81. The maximum Gasteiger partial charge on any atom is 0.272 e. The Balaban J connectivity index is 1.25. The number of hydrogen-bond acceptors (Lipinski definition) is 4. The van der Waals surface area contributed by atoms with E-state index in [1.165, 1.54) is 22.9 Å². The molecule has 0 aliphatic heterocycles. The highest BCUT2D eigenvalue weighted by molar-refractivity contribution is 5.93. The van der Waals surface area contributed by atoms with Gasteiger partial charge in [-0.3, -0.25) is 14.0 Å². The molecular weight excluding hydrogens is 409 g/mol. The molecule has 0 saturated heterocycles. The van der Waals surface area contributed by atoms with Crippen molar-refractivity contribution in [2.45, 2.75) is 45.1 Å². The Morgan fingerprint density at radius 3 is 2.81 bits per heavy atom. The molecule has 1 saturated carbocycles. The molecule has 5 rings (SSSR count). The number of aromatic nitrogens is 4. The summed E-state index contributed by atoms with van der Waals surface area (Å²) in [6, 6.07) is 10.5. The van der Waals surface area contributed by atoms with Crippen LogP contribution in [-0.2, 0) is 6.42 Å². The maximum atomic E-state index is 13.6. The van der Waals surface area contributed by atoms with Crippen LogP contribution in [0.2, 0.25) is 0 Å². The summed E-state index contributed by atoms with van der Waals surface area (Å²) in [5.74, 6) is -0.660. The summed E-state index contributed by atoms with van der Waals surface area (Å²) in [5.41, 5.74) is 1.72. The first-order valence-electron chi connectivity index (χ1n) is 10.9. The van der Waals surface area contributed by atoms with Crippen molar-refractivity contribution in [1.82, 2.24) is 24.9 Å². The van der Waals surface area contributed by atoms with Gasteiger partial charge in [0.25, 0.3) is 11.5 Å². The monoisotopic (exact) mass is 433 g/mol. The number of pyridine rings is 1. The third kappa shape index (κ3) is 3.55. The molecule has 0 spiro atoms. The average Bonchev–Trinajstić information content (AvgIpc) is 3.19. The Bertz CT molecular complexity index is 1370. The molecule has 3 heterocycles. The van der Waals surface area contributed by atoms with Gasteiger partial charge in [0.05, 0.1) is 17.3 Å². The van der Waals surface area contributed by atoms with Crippen LogP contribution in [0.3, 0.4) is 0 Å². The molecule has 1 aliphatic carbocycles. The highest BCUT2D eigenvalue weighted by Gasteiger charge is 2.43. The van der Waals surface area contributed by atoms with Crippen molar-refractivity contribution >= 4 is 22.3 Å². The normalized spacial score (nSPS) is 20.4. The number of nitrogens with one attached hydrogen (secondary N) is 2. The average molecular weight is 433 g/mol. The van der Waals surface area contributed by atoms with Crippen molar-refractivity contribution in [3.63, 3.8) is 0 Å². The van der Waals surface area contributed by atoms with Gasteiger partial charge < -0.3 is 5.32 Å². The van der Waals surface area contributed by atoms with Crippen LogP contribution < -0.4 is 10.9 Å². The number of halogens is 1. The zero-order valence-corrected chi connectivity index (χ0v) is 17.8. The van der Waals surface area contributed by atoms with E-state index < -0.39 is 5.82 Å². The zero-order chi connectivity index (χ0) is 22.3. The number of benzene rings is 1. The lowest BCUT2D eigenvalue weighted by atomic mass is 9.61. The number of amides is 1. The van der Waals surface area contributed by atoms with Gasteiger partial charge in [-0.05, 0) is 49.3 Å². The largest absolute Gasteiger partial charge is 0.348 e. The summed E-state index contributed by atoms with van der Waals surface area (Å²) < 4.78 is 15.1. The third-order valence-corrected chi connectivity index (χ3v) is 6.81. The summed E-state index contributed by atoms with van der Waals surface area (Å²) in [6.07, 6.45) is 7.20. The second kappa shape index (κ2) is 7.85. The van der Waals surface area contributed by atoms with E-state index in [2.05, 4.69) is 27.4 Å². The minimum atomic E-state index is -0.415. The van der Waals surface area contributed by atoms with E-state index >= 15 is 0 Å². The van der Waals surface area contributed by atoms with Crippen molar-refractivity contribution in [3.8, 4) is 0 Å². The Morgan fingerprint density at radius 1 is 1.25 bits per heavy atom. The second-order valence-electron chi connectivity index (χ2n) is 8.70. The number of fused-ring (bicyclic) bond motifs is 2. The summed E-state index contributed by atoms with van der Waals surface area (Å²) in [7, 11) is 0. The fraction of sp³-hybridized carbons (Fsp3) is 0.333. The van der Waals surface area contributed by atoms with E-state index in [0.717, 1.165) is 43.2 Å². The van der Waals surface area contributed by atoms with Crippen LogP contribution in [0.5, 0.6) is 0 Å². The number of aryl methyl sites for hydroxylation is 1. The number of nitrogens with zero attached hydrogens (tertiary/aromatic N) is 3. The number of imidazole rings is 1. The molecule has 32 heavy (non-hydrogen) atoms. The summed E-state index contributed by atoms with van der Waals surface area (Å²) in [6.45, 7) is 2.17. The van der Waals surface area contributed by atoms with Gasteiger partial charge in [0, 0.05) is 17.6 Å². The minimum absolute atomic E-state index is 0.0712. The van der Waals surface area contributed by atoms with Crippen LogP contribution in [0.4, 0.5) is 4.39 Å². The molecule has 164 valence electrons. The van der Waals surface area contributed by atoms with Crippen molar-refractivity contribution in [2.75, 3.05) is 0 Å². The van der Waals surface area contributed by atoms with E-state index in [9.17, 15) is 14.0 Å². The molecule has 7 nitrogen and oxygen atoms in total. The predicted octanol–water partition coefficient (Wildman–Crippen LogP) is 3.63. The van der Waals surface area contributed by atoms with Gasteiger partial charge in [0.1, 0.15) is 17.2 Å². The maximum absolute atomic E-state index is 13.6. The standard InChI is InChI=1S/C24H24FN5O2/c1-2-24(10-9-19-17-5-3-4-6-18(17)22(31)29-28-19)11-16(12-24)27-23(32)20-13-26-21-8-7-15(25)14-30(20)21/h3-8,13-14,16H,2,9-12H2,1H3,(H,27,32)(H,29,31). The van der Waals surface area contributed by atoms with E-state index in [-0.39, 0.29) is 22.9 Å². The lowest BCUT2D eigenvalue weighted by Gasteiger charge is -2.48. The van der Waals surface area contributed by atoms with E-state index in [1.807, 2.05) is 24.3 Å². The lowest BCUT2D eigenvalue weighted by Crippen LogP contribution is -2.51. The van der Waals surface area contributed by atoms with E-state index in [0.29, 0.717) is 16.7 Å². The highest BCUT2D eigenvalue weighted by atomic mass is 19.1. The first kappa shape index (κ1) is 20.4. The van der Waals surface area contributed by atoms with Crippen LogP contribution >= 0.6 is 0 Å². The number of carbonyl (C=O) groups excluding carboxylic acids is 1. The van der Waals surface area contributed by atoms with Crippen LogP contribution in [-0.4, -0.2) is 31.5 Å². The lowest BCUT2D eigenvalue weighted by molar-refractivity contribution is 0.0568. The molecule has 4 aromatic rings. The van der Waals surface area contributed by atoms with E-state index in [4.69, 9.17) is 0 Å². The molecule has 1 aliphatic rings. The molecule has 0 unspecified atom stereocenters. The smallest absolute Gasteiger partial charge is 0.272 e. The fourth-order valence-electron chi connectivity index (χ4n) is 4.88. The Morgan fingerprint density at radius 2 is 2.03 bits per heavy atom. The van der Waals surface area contributed by atoms with Crippen LogP contribution in [0.15, 0.2) is 53.6 Å². The summed E-state index contributed by atoms with van der Waals surface area (Å²) in [5, 5.41) is 11.5. The summed E-state index contributed by atoms with van der Waals surface area (Å²) >= 11 is 0. The number of hydrogen-bond donors (Lipinski definition) is 2. The van der Waals surface area contributed by atoms with Crippen molar-refractivity contribution < 1.29 is 9.18 Å². The van der Waals surface area contributed by atoms with Gasteiger partial charge in [-0.25, -0.2) is 14.5 Å². The second-order valence-corrected chi connectivity index (χ2v) is 8.70. The Hall–Kier alpha value is -3.55. The Labute approximate surface area is 183 Å². The van der Waals surface area contributed by atoms with Crippen molar-refractivity contribution in [3.05, 3.63) is 76.4 Å². The SMILES string of the molecule is CCC1(CCc2n[nH]c(=O)c3ccccc23)CC(NC(=O)c2cnc3ccc(F)cn23)C1. The molecule has 2 N–H and O–H groups in total. The predicted molar refractivity (Wildman–Crippen MR) is 119 cm³/mol. The van der Waals surface area contributed by atoms with Crippen molar-refractivity contribution in [1.29, 1.82) is 0 Å². The quantitative estimate of drug-likeness (QED) is 0.486. The van der Waals surface area contributed by atoms with Gasteiger partial charge >= 0.3 is 0 Å². The van der Waals surface area contributed by atoms with Crippen LogP contribution in [0, 0.1) is 11.2 Å². The van der Waals surface area contributed by atoms with Gasteiger partial charge in [0.15, 0.2) is 0 Å². The molecule has 0 radical (unpaired) electrons. The van der Waals surface area contributed by atoms with Gasteiger partial charge in [-0.2, -0.15) is 5.10 Å². The fourth-order valence-corrected chi connectivity index (χ4v) is 4.88. The van der Waals surface area contributed by atoms with Gasteiger partial charge in [-0.15, -0.1) is 0 Å². The first-order chi connectivity index (χ1) is 15.5. The first-order valence-corrected chi connectivity index (χ1v) is 10.9. The van der Waals surface area contributed by atoms with Crippen molar-refractivity contribution in [2.24, 2.45) is 5.41 Å². The Kier molecular flexibility index (Phi) is 5.00. The number of rotatable bonds is 6. The molecular formula is C24H24FN5O2. The topological polar surface area (TPSA) is 92.1 Å². The van der Waals surface area contributed by atoms with E-state index in [1.54, 1.807) is 6.07 Å². The molecule has 3 aromatic heterocycles. The zero-order valence-electron chi connectivity index (χ0n) is 17.8. The van der Waals surface area contributed by atoms with Crippen LogP contribution in [0.25, 0.3) is 16.4 Å². The number of aromatic amines is 1. The molecule has 1 aromatic carbocycles. The molecule has 1 amide bonds. The number of H-pyrrole nitrogens is 1. The highest BCUT2D eigenvalue weighted by Crippen LogP contribution is 2.47. The molecule has 8 heteroatoms. The molecule has 0 bridgehead atoms. The molecule has 1 fully saturated rings.